The number of fused-ring (bicyclic) bond motifs is 4. The number of aromatic nitrogens is 2. The lowest BCUT2D eigenvalue weighted by molar-refractivity contribution is 0.660. The van der Waals surface area contributed by atoms with Crippen molar-refractivity contribution >= 4 is 16.6 Å². The molecule has 1 heterocycles. The number of para-hydroxylation sites is 1. The predicted molar refractivity (Wildman–Crippen MR) is 134 cm³/mol. The first-order valence-corrected chi connectivity index (χ1v) is 11.1. The van der Waals surface area contributed by atoms with E-state index in [1.54, 1.807) is 0 Å². The average Bonchev–Trinajstić information content (AvgIpc) is 3.10. The molecular weight excluding hydrogens is 402 g/mol. The highest BCUT2D eigenvalue weighted by Gasteiger charge is 2.36. The second kappa shape index (κ2) is 7.12. The highest BCUT2D eigenvalue weighted by atomic mass is 14.9. The molecule has 33 heavy (non-hydrogen) atoms. The van der Waals surface area contributed by atoms with Gasteiger partial charge in [-0.1, -0.05) is 98.8 Å². The van der Waals surface area contributed by atoms with Crippen molar-refractivity contribution in [1.82, 2.24) is 9.97 Å². The van der Waals surface area contributed by atoms with Crippen molar-refractivity contribution in [2.24, 2.45) is 0 Å². The van der Waals surface area contributed by atoms with Gasteiger partial charge in [0.1, 0.15) is 0 Å². The molecule has 0 saturated carbocycles. The lowest BCUT2D eigenvalue weighted by Gasteiger charge is -2.21. The molecule has 0 radical (unpaired) electrons. The second-order valence-corrected chi connectivity index (χ2v) is 8.97. The molecule has 0 N–H and O–H groups in total. The van der Waals surface area contributed by atoms with Gasteiger partial charge >= 0.3 is 0 Å². The zero-order valence-electron chi connectivity index (χ0n) is 18.5. The second-order valence-electron chi connectivity index (χ2n) is 8.97. The quantitative estimate of drug-likeness (QED) is 0.271. The Balaban J connectivity index is 1.64. The van der Waals surface area contributed by atoms with Gasteiger partial charge in [-0.3, -0.25) is 0 Å². The largest absolute Gasteiger partial charge is 0.238 e. The van der Waals surface area contributed by atoms with Crippen molar-refractivity contribution in [3.63, 3.8) is 0 Å². The minimum absolute atomic E-state index is 0.0722. The van der Waals surface area contributed by atoms with Crippen LogP contribution in [0, 0.1) is 6.57 Å². The van der Waals surface area contributed by atoms with Crippen LogP contribution in [0.1, 0.15) is 25.0 Å². The molecule has 0 aliphatic heterocycles. The fourth-order valence-electron chi connectivity index (χ4n) is 5.05. The van der Waals surface area contributed by atoms with E-state index in [2.05, 4.69) is 67.2 Å². The van der Waals surface area contributed by atoms with Gasteiger partial charge in [-0.05, 0) is 33.9 Å². The molecule has 156 valence electrons. The van der Waals surface area contributed by atoms with Gasteiger partial charge in [-0.2, -0.15) is 0 Å². The zero-order valence-corrected chi connectivity index (χ0v) is 18.5. The van der Waals surface area contributed by atoms with Crippen molar-refractivity contribution in [2.45, 2.75) is 19.3 Å². The van der Waals surface area contributed by atoms with Crippen LogP contribution in [0.3, 0.4) is 0 Å². The first-order chi connectivity index (χ1) is 16.1. The predicted octanol–water partition coefficient (Wildman–Crippen LogP) is 7.82. The van der Waals surface area contributed by atoms with Gasteiger partial charge in [0.25, 0.3) is 0 Å². The van der Waals surface area contributed by atoms with Gasteiger partial charge in [-0.25, -0.2) is 14.8 Å². The van der Waals surface area contributed by atoms with E-state index in [-0.39, 0.29) is 5.41 Å². The minimum Gasteiger partial charge on any atom is -0.238 e. The summed E-state index contributed by atoms with van der Waals surface area (Å²) < 4.78 is 0. The van der Waals surface area contributed by atoms with Gasteiger partial charge in [0.05, 0.1) is 17.8 Å². The summed E-state index contributed by atoms with van der Waals surface area (Å²) in [6, 6.07) is 30.9. The van der Waals surface area contributed by atoms with Crippen molar-refractivity contribution in [3.8, 4) is 33.8 Å². The monoisotopic (exact) mass is 423 g/mol. The summed E-state index contributed by atoms with van der Waals surface area (Å²) >= 11 is 0. The van der Waals surface area contributed by atoms with E-state index in [9.17, 15) is 0 Å². The van der Waals surface area contributed by atoms with Crippen LogP contribution in [-0.4, -0.2) is 9.97 Å². The molecular formula is C30H21N3. The third kappa shape index (κ3) is 2.88. The summed E-state index contributed by atoms with van der Waals surface area (Å²) in [5, 5.41) is 1.00. The Bertz CT molecular complexity index is 1590. The van der Waals surface area contributed by atoms with E-state index in [0.717, 1.165) is 33.5 Å². The Kier molecular flexibility index (Phi) is 4.18. The van der Waals surface area contributed by atoms with Crippen LogP contribution in [0.5, 0.6) is 0 Å². The molecule has 0 saturated heterocycles. The van der Waals surface area contributed by atoms with Crippen molar-refractivity contribution < 1.29 is 0 Å². The summed E-state index contributed by atoms with van der Waals surface area (Å²) in [5.41, 5.74) is 9.50. The van der Waals surface area contributed by atoms with Crippen LogP contribution in [0.2, 0.25) is 0 Å². The number of benzene rings is 4. The molecule has 3 heteroatoms. The lowest BCUT2D eigenvalue weighted by atomic mass is 9.82. The number of rotatable bonds is 2. The van der Waals surface area contributed by atoms with Crippen LogP contribution in [-0.2, 0) is 5.41 Å². The first-order valence-electron chi connectivity index (χ1n) is 11.1. The molecule has 3 nitrogen and oxygen atoms in total. The molecule has 0 bridgehead atoms. The maximum atomic E-state index is 7.26. The van der Waals surface area contributed by atoms with Gasteiger partial charge in [0.2, 0.25) is 0 Å². The third-order valence-corrected chi connectivity index (χ3v) is 6.72. The van der Waals surface area contributed by atoms with Crippen molar-refractivity contribution in [1.29, 1.82) is 0 Å². The molecule has 1 aromatic heterocycles. The molecule has 0 unspecified atom stereocenters. The fourth-order valence-corrected chi connectivity index (χ4v) is 5.05. The normalized spacial score (nSPS) is 13.4. The standard InChI is InChI=1S/C30H21N3/c1-30(2)24-12-6-4-9-21(24)27-23(11-8-13-25(27)30)29-32-26-14-7-5-10-22(26)28(33-29)19-15-17-20(31-3)18-16-19/h4-18H,1-2H3. The van der Waals surface area contributed by atoms with Crippen LogP contribution in [0.25, 0.3) is 49.5 Å². The highest BCUT2D eigenvalue weighted by molar-refractivity contribution is 5.96. The van der Waals surface area contributed by atoms with E-state index >= 15 is 0 Å². The third-order valence-electron chi connectivity index (χ3n) is 6.72. The van der Waals surface area contributed by atoms with Crippen LogP contribution < -0.4 is 0 Å². The van der Waals surface area contributed by atoms with E-state index in [1.165, 1.54) is 22.3 Å². The molecule has 0 amide bonds. The number of hydrogen-bond acceptors (Lipinski definition) is 2. The summed E-state index contributed by atoms with van der Waals surface area (Å²) in [5.74, 6) is 0.724. The molecule has 4 aromatic carbocycles. The Morgan fingerprint density at radius 1 is 0.697 bits per heavy atom. The summed E-state index contributed by atoms with van der Waals surface area (Å²) in [7, 11) is 0. The average molecular weight is 424 g/mol. The summed E-state index contributed by atoms with van der Waals surface area (Å²) in [6.45, 7) is 11.8. The highest BCUT2D eigenvalue weighted by Crippen LogP contribution is 2.51. The molecule has 1 aliphatic carbocycles. The van der Waals surface area contributed by atoms with Crippen molar-refractivity contribution in [2.75, 3.05) is 0 Å². The van der Waals surface area contributed by atoms with E-state index in [1.807, 2.05) is 42.5 Å². The number of nitrogens with zero attached hydrogens (tertiary/aromatic N) is 3. The topological polar surface area (TPSA) is 30.1 Å². The van der Waals surface area contributed by atoms with Gasteiger partial charge in [0.15, 0.2) is 11.5 Å². The lowest BCUT2D eigenvalue weighted by Crippen LogP contribution is -2.14. The summed E-state index contributed by atoms with van der Waals surface area (Å²) in [6.07, 6.45) is 0. The SMILES string of the molecule is [C-]#[N+]c1ccc(-c2nc(-c3cccc4c3-c3ccccc3C4(C)C)nc3ccccc23)cc1. The molecule has 6 rings (SSSR count). The zero-order chi connectivity index (χ0) is 22.6. The smallest absolute Gasteiger partial charge is 0.187 e. The van der Waals surface area contributed by atoms with Crippen LogP contribution in [0.4, 0.5) is 5.69 Å². The first kappa shape index (κ1) is 19.4. The molecule has 0 fully saturated rings. The maximum Gasteiger partial charge on any atom is 0.187 e. The van der Waals surface area contributed by atoms with Crippen molar-refractivity contribution in [3.05, 3.63) is 114 Å². The molecule has 5 aromatic rings. The fraction of sp³-hybridized carbons (Fsp3) is 0.100. The van der Waals surface area contributed by atoms with Crippen LogP contribution in [0.15, 0.2) is 91.0 Å². The Labute approximate surface area is 193 Å². The van der Waals surface area contributed by atoms with Gasteiger partial charge in [-0.15, -0.1) is 0 Å². The van der Waals surface area contributed by atoms with Crippen LogP contribution >= 0.6 is 0 Å². The minimum atomic E-state index is -0.0722. The maximum absolute atomic E-state index is 7.26. The number of hydrogen-bond donors (Lipinski definition) is 0. The van der Waals surface area contributed by atoms with E-state index in [0.29, 0.717) is 5.69 Å². The van der Waals surface area contributed by atoms with Gasteiger partial charge < -0.3 is 0 Å². The van der Waals surface area contributed by atoms with Gasteiger partial charge in [0, 0.05) is 16.4 Å². The van der Waals surface area contributed by atoms with E-state index in [4.69, 9.17) is 16.5 Å². The molecule has 0 atom stereocenters. The Morgan fingerprint density at radius 2 is 1.39 bits per heavy atom. The molecule has 0 spiro atoms. The van der Waals surface area contributed by atoms with E-state index < -0.39 is 0 Å². The molecule has 1 aliphatic rings. The summed E-state index contributed by atoms with van der Waals surface area (Å²) in [4.78, 5) is 13.6. The Morgan fingerprint density at radius 3 is 2.21 bits per heavy atom. The Hall–Kier alpha value is -4.29.